The maximum atomic E-state index is 6.26. The number of rotatable bonds is 2. The molecule has 0 bridgehead atoms. The van der Waals surface area contributed by atoms with Gasteiger partial charge in [0.15, 0.2) is 0 Å². The lowest BCUT2D eigenvalue weighted by Crippen LogP contribution is -2.39. The first-order valence-electron chi connectivity index (χ1n) is 6.21. The maximum Gasteiger partial charge on any atom is 0.0642 e. The number of ether oxygens (including phenoxy) is 1. The molecule has 0 atom stereocenters. The van der Waals surface area contributed by atoms with Gasteiger partial charge in [-0.05, 0) is 38.0 Å². The molecule has 0 amide bonds. The lowest BCUT2D eigenvalue weighted by molar-refractivity contribution is 0.122. The minimum atomic E-state index is -0.304. The summed E-state index contributed by atoms with van der Waals surface area (Å²) in [6.07, 6.45) is 0. The second-order valence-electron chi connectivity index (χ2n) is 5.34. The molecule has 0 spiro atoms. The molecule has 2 rings (SSSR count). The fourth-order valence-electron chi connectivity index (χ4n) is 2.25. The predicted octanol–water partition coefficient (Wildman–Crippen LogP) is 2.03. The zero-order chi connectivity index (χ0) is 12.5. The summed E-state index contributed by atoms with van der Waals surface area (Å²) in [5.41, 5.74) is 9.71. The Balaban J connectivity index is 2.39. The molecule has 1 saturated heterocycles. The van der Waals surface area contributed by atoms with E-state index in [1.165, 1.54) is 16.8 Å². The summed E-state index contributed by atoms with van der Waals surface area (Å²) in [7, 11) is 0. The molecule has 0 aliphatic carbocycles. The Kier molecular flexibility index (Phi) is 3.40. The highest BCUT2D eigenvalue weighted by Gasteiger charge is 2.22. The molecule has 0 unspecified atom stereocenters. The first-order valence-corrected chi connectivity index (χ1v) is 6.21. The van der Waals surface area contributed by atoms with Gasteiger partial charge in [0.05, 0.1) is 13.2 Å². The summed E-state index contributed by atoms with van der Waals surface area (Å²) in [4.78, 5) is 2.38. The number of benzene rings is 1. The molecule has 1 aromatic rings. The molecule has 1 heterocycles. The molecular formula is C14H22N2O. The summed E-state index contributed by atoms with van der Waals surface area (Å²) in [6.45, 7) is 9.75. The van der Waals surface area contributed by atoms with E-state index in [4.69, 9.17) is 10.5 Å². The van der Waals surface area contributed by atoms with Gasteiger partial charge in [0, 0.05) is 24.3 Å². The standard InChI is InChI=1S/C14H22N2O/c1-11-4-5-12(14(2,3)15)13(10-11)16-6-8-17-9-7-16/h4-5,10H,6-9,15H2,1-3H3. The first-order chi connectivity index (χ1) is 7.98. The average molecular weight is 234 g/mol. The number of aryl methyl sites for hydroxylation is 1. The second-order valence-corrected chi connectivity index (χ2v) is 5.34. The van der Waals surface area contributed by atoms with Crippen LogP contribution in [0.25, 0.3) is 0 Å². The van der Waals surface area contributed by atoms with Crippen LogP contribution in [0.2, 0.25) is 0 Å². The van der Waals surface area contributed by atoms with Gasteiger partial charge < -0.3 is 15.4 Å². The van der Waals surface area contributed by atoms with Crippen LogP contribution < -0.4 is 10.6 Å². The van der Waals surface area contributed by atoms with E-state index in [9.17, 15) is 0 Å². The number of anilines is 1. The minimum Gasteiger partial charge on any atom is -0.378 e. The van der Waals surface area contributed by atoms with Crippen molar-refractivity contribution in [1.29, 1.82) is 0 Å². The monoisotopic (exact) mass is 234 g/mol. The van der Waals surface area contributed by atoms with Crippen LogP contribution in [0.3, 0.4) is 0 Å². The van der Waals surface area contributed by atoms with Gasteiger partial charge in [-0.2, -0.15) is 0 Å². The summed E-state index contributed by atoms with van der Waals surface area (Å²) < 4.78 is 5.40. The minimum absolute atomic E-state index is 0.304. The van der Waals surface area contributed by atoms with E-state index >= 15 is 0 Å². The fraction of sp³-hybridized carbons (Fsp3) is 0.571. The van der Waals surface area contributed by atoms with Crippen molar-refractivity contribution in [2.45, 2.75) is 26.3 Å². The normalized spacial score (nSPS) is 17.3. The van der Waals surface area contributed by atoms with Crippen molar-refractivity contribution in [2.24, 2.45) is 5.73 Å². The summed E-state index contributed by atoms with van der Waals surface area (Å²) in [5, 5.41) is 0. The topological polar surface area (TPSA) is 38.5 Å². The molecule has 94 valence electrons. The number of nitrogens with zero attached hydrogens (tertiary/aromatic N) is 1. The highest BCUT2D eigenvalue weighted by molar-refractivity contribution is 5.58. The second kappa shape index (κ2) is 4.67. The van der Waals surface area contributed by atoms with E-state index in [0.29, 0.717) is 0 Å². The Morgan fingerprint density at radius 2 is 1.88 bits per heavy atom. The van der Waals surface area contributed by atoms with E-state index in [1.807, 2.05) is 0 Å². The molecule has 1 aliphatic heterocycles. The van der Waals surface area contributed by atoms with Crippen LogP contribution in [0.4, 0.5) is 5.69 Å². The molecular weight excluding hydrogens is 212 g/mol. The molecule has 3 heteroatoms. The molecule has 0 saturated carbocycles. The predicted molar refractivity (Wildman–Crippen MR) is 71.4 cm³/mol. The van der Waals surface area contributed by atoms with E-state index < -0.39 is 0 Å². The zero-order valence-electron chi connectivity index (χ0n) is 11.0. The SMILES string of the molecule is Cc1ccc(C(C)(C)N)c(N2CCOCC2)c1. The number of hydrogen-bond acceptors (Lipinski definition) is 3. The third-order valence-corrected chi connectivity index (χ3v) is 3.20. The Labute approximate surface area is 104 Å². The summed E-state index contributed by atoms with van der Waals surface area (Å²) >= 11 is 0. The Morgan fingerprint density at radius 1 is 1.24 bits per heavy atom. The van der Waals surface area contributed by atoms with Crippen molar-refractivity contribution in [2.75, 3.05) is 31.2 Å². The zero-order valence-corrected chi connectivity index (χ0v) is 11.0. The highest BCUT2D eigenvalue weighted by Crippen LogP contribution is 2.30. The third-order valence-electron chi connectivity index (χ3n) is 3.20. The molecule has 2 N–H and O–H groups in total. The van der Waals surface area contributed by atoms with Gasteiger partial charge in [0.25, 0.3) is 0 Å². The van der Waals surface area contributed by atoms with Crippen LogP contribution in [-0.4, -0.2) is 26.3 Å². The van der Waals surface area contributed by atoms with Crippen LogP contribution in [0.1, 0.15) is 25.0 Å². The van der Waals surface area contributed by atoms with Crippen LogP contribution in [0.15, 0.2) is 18.2 Å². The number of nitrogens with two attached hydrogens (primary N) is 1. The average Bonchev–Trinajstić information content (AvgIpc) is 2.28. The molecule has 0 radical (unpaired) electrons. The lowest BCUT2D eigenvalue weighted by atomic mass is 9.92. The summed E-state index contributed by atoms with van der Waals surface area (Å²) in [5.74, 6) is 0. The lowest BCUT2D eigenvalue weighted by Gasteiger charge is -2.34. The van der Waals surface area contributed by atoms with Crippen molar-refractivity contribution in [3.63, 3.8) is 0 Å². The quantitative estimate of drug-likeness (QED) is 0.851. The number of morpholine rings is 1. The van der Waals surface area contributed by atoms with E-state index in [-0.39, 0.29) is 5.54 Å². The molecule has 0 aromatic heterocycles. The van der Waals surface area contributed by atoms with Crippen LogP contribution in [0, 0.1) is 6.92 Å². The van der Waals surface area contributed by atoms with Crippen LogP contribution in [0.5, 0.6) is 0 Å². The van der Waals surface area contributed by atoms with E-state index in [1.54, 1.807) is 0 Å². The fourth-order valence-corrected chi connectivity index (χ4v) is 2.25. The van der Waals surface area contributed by atoms with Gasteiger partial charge in [0.2, 0.25) is 0 Å². The van der Waals surface area contributed by atoms with E-state index in [2.05, 4.69) is 43.9 Å². The van der Waals surface area contributed by atoms with E-state index in [0.717, 1.165) is 26.3 Å². The summed E-state index contributed by atoms with van der Waals surface area (Å²) in [6, 6.07) is 6.52. The molecule has 17 heavy (non-hydrogen) atoms. The molecule has 3 nitrogen and oxygen atoms in total. The van der Waals surface area contributed by atoms with Gasteiger partial charge in [-0.25, -0.2) is 0 Å². The number of hydrogen-bond donors (Lipinski definition) is 1. The highest BCUT2D eigenvalue weighted by atomic mass is 16.5. The van der Waals surface area contributed by atoms with Gasteiger partial charge in [-0.1, -0.05) is 12.1 Å². The van der Waals surface area contributed by atoms with Crippen molar-refractivity contribution < 1.29 is 4.74 Å². The van der Waals surface area contributed by atoms with Crippen LogP contribution >= 0.6 is 0 Å². The van der Waals surface area contributed by atoms with Crippen molar-refractivity contribution in [3.8, 4) is 0 Å². The largest absolute Gasteiger partial charge is 0.378 e. The maximum absolute atomic E-state index is 6.26. The first kappa shape index (κ1) is 12.4. The third kappa shape index (κ3) is 2.79. The van der Waals surface area contributed by atoms with Gasteiger partial charge in [-0.15, -0.1) is 0 Å². The van der Waals surface area contributed by atoms with Crippen molar-refractivity contribution in [3.05, 3.63) is 29.3 Å². The Morgan fingerprint density at radius 3 is 2.47 bits per heavy atom. The molecule has 1 aromatic carbocycles. The molecule has 1 fully saturated rings. The van der Waals surface area contributed by atoms with Crippen molar-refractivity contribution >= 4 is 5.69 Å². The Bertz CT molecular complexity index is 390. The smallest absolute Gasteiger partial charge is 0.0642 e. The van der Waals surface area contributed by atoms with Crippen LogP contribution in [-0.2, 0) is 10.3 Å². The van der Waals surface area contributed by atoms with Crippen molar-refractivity contribution in [1.82, 2.24) is 0 Å². The molecule has 1 aliphatic rings. The Hall–Kier alpha value is -1.06. The van der Waals surface area contributed by atoms with Gasteiger partial charge in [0.1, 0.15) is 0 Å². The van der Waals surface area contributed by atoms with Gasteiger partial charge >= 0.3 is 0 Å². The van der Waals surface area contributed by atoms with Gasteiger partial charge in [-0.3, -0.25) is 0 Å².